The van der Waals surface area contributed by atoms with Crippen molar-refractivity contribution in [3.63, 3.8) is 0 Å². The number of nitrogens with zero attached hydrogens (tertiary/aromatic N) is 2. The van der Waals surface area contributed by atoms with Crippen LogP contribution in [0.3, 0.4) is 0 Å². The molecule has 8 heteroatoms. The molecule has 2 aromatic rings. The topological polar surface area (TPSA) is 92.7 Å². The average molecular weight is 318 g/mol. The predicted octanol–water partition coefficient (Wildman–Crippen LogP) is 3.13. The van der Waals surface area contributed by atoms with Crippen LogP contribution in [0, 0.1) is 24.0 Å². The van der Waals surface area contributed by atoms with E-state index in [0.717, 1.165) is 11.3 Å². The Bertz CT molecular complexity index is 739. The maximum Gasteiger partial charge on any atom is 0.433 e. The largest absolute Gasteiger partial charge is 0.433 e. The van der Waals surface area contributed by atoms with Crippen LogP contribution in [0.4, 0.5) is 11.6 Å². The summed E-state index contributed by atoms with van der Waals surface area (Å²) in [6.45, 7) is 3.99. The lowest BCUT2D eigenvalue weighted by Gasteiger charge is -2.10. The van der Waals surface area contributed by atoms with Crippen molar-refractivity contribution in [2.75, 3.05) is 5.32 Å². The molecule has 0 saturated heterocycles. The third-order valence-electron chi connectivity index (χ3n) is 2.78. The van der Waals surface area contributed by atoms with Crippen molar-refractivity contribution in [2.24, 2.45) is 5.10 Å². The number of anilines is 1. The van der Waals surface area contributed by atoms with Gasteiger partial charge in [0.15, 0.2) is 10.9 Å². The molecule has 2 rings (SSSR count). The number of rotatable bonds is 4. The highest BCUT2D eigenvalue weighted by molar-refractivity contribution is 7.80. The van der Waals surface area contributed by atoms with E-state index in [4.69, 9.17) is 16.6 Å². The maximum atomic E-state index is 10.5. The van der Waals surface area contributed by atoms with Crippen molar-refractivity contribution in [3.05, 3.63) is 57.3 Å². The highest BCUT2D eigenvalue weighted by Gasteiger charge is 2.10. The molecule has 22 heavy (non-hydrogen) atoms. The van der Waals surface area contributed by atoms with Gasteiger partial charge in [-0.05, 0) is 43.8 Å². The van der Waals surface area contributed by atoms with Crippen LogP contribution < -0.4 is 10.7 Å². The summed E-state index contributed by atoms with van der Waals surface area (Å²) in [5.41, 5.74) is 5.73. The summed E-state index contributed by atoms with van der Waals surface area (Å²) in [6.07, 6.45) is 1.31. The minimum Gasteiger partial charge on any atom is -0.400 e. The van der Waals surface area contributed by atoms with Crippen molar-refractivity contribution in [1.29, 1.82) is 0 Å². The summed E-state index contributed by atoms with van der Waals surface area (Å²) in [5, 5.41) is 17.7. The van der Waals surface area contributed by atoms with Crippen LogP contribution in [0.1, 0.15) is 16.9 Å². The highest BCUT2D eigenvalue weighted by Crippen LogP contribution is 2.16. The molecule has 0 bridgehead atoms. The first kappa shape index (κ1) is 15.6. The van der Waals surface area contributed by atoms with Gasteiger partial charge in [-0.25, -0.2) is 0 Å². The van der Waals surface area contributed by atoms with E-state index in [1.54, 1.807) is 0 Å². The minimum atomic E-state index is -0.614. The van der Waals surface area contributed by atoms with E-state index in [0.29, 0.717) is 5.11 Å². The van der Waals surface area contributed by atoms with Crippen molar-refractivity contribution < 1.29 is 9.34 Å². The number of furan rings is 1. The van der Waals surface area contributed by atoms with Crippen LogP contribution in [0.25, 0.3) is 0 Å². The van der Waals surface area contributed by atoms with E-state index >= 15 is 0 Å². The van der Waals surface area contributed by atoms with E-state index in [1.807, 2.05) is 32.0 Å². The van der Waals surface area contributed by atoms with Crippen molar-refractivity contribution in [2.45, 2.75) is 13.8 Å². The van der Waals surface area contributed by atoms with Crippen molar-refractivity contribution in [3.8, 4) is 0 Å². The number of aryl methyl sites for hydroxylation is 2. The summed E-state index contributed by atoms with van der Waals surface area (Å²) < 4.78 is 4.93. The molecule has 0 saturated carbocycles. The van der Waals surface area contributed by atoms with E-state index in [2.05, 4.69) is 15.8 Å². The maximum absolute atomic E-state index is 10.5. The number of hydrogen-bond donors (Lipinski definition) is 2. The van der Waals surface area contributed by atoms with Crippen LogP contribution in [0.2, 0.25) is 0 Å². The van der Waals surface area contributed by atoms with Crippen molar-refractivity contribution >= 4 is 35.1 Å². The van der Waals surface area contributed by atoms with Gasteiger partial charge in [-0.3, -0.25) is 15.5 Å². The van der Waals surface area contributed by atoms with Gasteiger partial charge in [0.1, 0.15) is 4.92 Å². The molecular weight excluding hydrogens is 304 g/mol. The Balaban J connectivity index is 1.91. The van der Waals surface area contributed by atoms with Crippen LogP contribution >= 0.6 is 12.2 Å². The molecule has 0 amide bonds. The van der Waals surface area contributed by atoms with Gasteiger partial charge in [-0.15, -0.1) is 0 Å². The molecule has 0 radical (unpaired) electrons. The summed E-state index contributed by atoms with van der Waals surface area (Å²) in [5.74, 6) is -0.0778. The number of nitro groups is 1. The van der Waals surface area contributed by atoms with Gasteiger partial charge < -0.3 is 9.73 Å². The normalized spacial score (nSPS) is 10.6. The average Bonchev–Trinajstić information content (AvgIpc) is 2.91. The van der Waals surface area contributed by atoms with E-state index < -0.39 is 4.92 Å². The molecule has 0 spiro atoms. The number of nitrogens with one attached hydrogen (secondary N) is 2. The Labute approximate surface area is 132 Å². The highest BCUT2D eigenvalue weighted by atomic mass is 32.1. The van der Waals surface area contributed by atoms with E-state index in [-0.39, 0.29) is 11.6 Å². The number of thiocarbonyl (C=S) groups is 1. The summed E-state index contributed by atoms with van der Waals surface area (Å²) in [4.78, 5) is 9.86. The Hall–Kier alpha value is -2.74. The zero-order chi connectivity index (χ0) is 16.1. The van der Waals surface area contributed by atoms with Gasteiger partial charge in [0, 0.05) is 5.69 Å². The van der Waals surface area contributed by atoms with E-state index in [1.165, 1.54) is 23.9 Å². The lowest BCUT2D eigenvalue weighted by Crippen LogP contribution is -2.24. The monoisotopic (exact) mass is 318 g/mol. The molecule has 1 aromatic carbocycles. The molecule has 114 valence electrons. The van der Waals surface area contributed by atoms with Gasteiger partial charge in [-0.2, -0.15) is 5.10 Å². The van der Waals surface area contributed by atoms with Crippen LogP contribution in [-0.4, -0.2) is 16.3 Å². The standard InChI is InChI=1S/C14H14N4O3S/c1-9-3-5-12(10(2)7-9)16-14(22)17-15-8-11-4-6-13(21-11)18(19)20/h3-8H,1-2H3,(H2,16,17,22)/b15-8+. The molecule has 0 aliphatic rings. The lowest BCUT2D eigenvalue weighted by molar-refractivity contribution is -0.402. The molecule has 0 aliphatic carbocycles. The molecule has 0 aliphatic heterocycles. The fraction of sp³-hybridized carbons (Fsp3) is 0.143. The van der Waals surface area contributed by atoms with Gasteiger partial charge in [0.2, 0.25) is 0 Å². The molecule has 0 unspecified atom stereocenters. The summed E-state index contributed by atoms with van der Waals surface area (Å²) in [7, 11) is 0. The third-order valence-corrected chi connectivity index (χ3v) is 2.97. The second kappa shape index (κ2) is 6.81. The molecule has 7 nitrogen and oxygen atoms in total. The van der Waals surface area contributed by atoms with Gasteiger partial charge in [0.25, 0.3) is 0 Å². The fourth-order valence-corrected chi connectivity index (χ4v) is 1.93. The molecule has 2 N–H and O–H groups in total. The molecule has 0 fully saturated rings. The number of benzene rings is 1. The number of hydrazone groups is 1. The summed E-state index contributed by atoms with van der Waals surface area (Å²) >= 11 is 5.12. The third kappa shape index (κ3) is 4.13. The molecular formula is C14H14N4O3S. The van der Waals surface area contributed by atoms with Crippen molar-refractivity contribution in [1.82, 2.24) is 5.43 Å². The molecule has 1 heterocycles. The van der Waals surface area contributed by atoms with Gasteiger partial charge in [-0.1, -0.05) is 17.7 Å². The van der Waals surface area contributed by atoms with Gasteiger partial charge in [0.05, 0.1) is 12.3 Å². The quantitative estimate of drug-likeness (QED) is 0.389. The zero-order valence-electron chi connectivity index (χ0n) is 12.0. The first-order valence-corrected chi connectivity index (χ1v) is 6.78. The van der Waals surface area contributed by atoms with Crippen LogP contribution in [0.15, 0.2) is 39.9 Å². The second-order valence-electron chi connectivity index (χ2n) is 4.58. The Morgan fingerprint density at radius 3 is 2.77 bits per heavy atom. The number of hydrogen-bond acceptors (Lipinski definition) is 5. The zero-order valence-corrected chi connectivity index (χ0v) is 12.8. The SMILES string of the molecule is Cc1ccc(NC(=S)N/N=C/c2ccc([N+](=O)[O-])o2)c(C)c1. The first-order chi connectivity index (χ1) is 10.5. The smallest absolute Gasteiger partial charge is 0.400 e. The Morgan fingerprint density at radius 1 is 1.36 bits per heavy atom. The molecule has 1 aromatic heterocycles. The Morgan fingerprint density at radius 2 is 2.14 bits per heavy atom. The fourth-order valence-electron chi connectivity index (χ4n) is 1.77. The Kier molecular flexibility index (Phi) is 4.84. The predicted molar refractivity (Wildman–Crippen MR) is 88.2 cm³/mol. The van der Waals surface area contributed by atoms with E-state index in [9.17, 15) is 10.1 Å². The lowest BCUT2D eigenvalue weighted by atomic mass is 10.1. The van der Waals surface area contributed by atoms with Crippen LogP contribution in [0.5, 0.6) is 0 Å². The first-order valence-electron chi connectivity index (χ1n) is 6.37. The van der Waals surface area contributed by atoms with Crippen LogP contribution in [-0.2, 0) is 0 Å². The minimum absolute atomic E-state index is 0.258. The van der Waals surface area contributed by atoms with Gasteiger partial charge >= 0.3 is 5.88 Å². The molecule has 0 atom stereocenters. The second-order valence-corrected chi connectivity index (χ2v) is 4.98. The summed E-state index contributed by atoms with van der Waals surface area (Å²) in [6, 6.07) is 8.65.